The van der Waals surface area contributed by atoms with Gasteiger partial charge in [0.05, 0.1) is 6.26 Å². The zero-order chi connectivity index (χ0) is 15.2. The Balaban J connectivity index is 1.80. The zero-order valence-corrected chi connectivity index (χ0v) is 12.0. The maximum atomic E-state index is 11.6. The van der Waals surface area contributed by atoms with E-state index in [-0.39, 0.29) is 18.9 Å². The van der Waals surface area contributed by atoms with E-state index in [4.69, 9.17) is 9.15 Å². The monoisotopic (exact) mass is 287 g/mol. The third-order valence-corrected chi connectivity index (χ3v) is 3.03. The molecule has 0 saturated heterocycles. The van der Waals surface area contributed by atoms with Gasteiger partial charge >= 0.3 is 5.97 Å². The summed E-state index contributed by atoms with van der Waals surface area (Å²) in [5.41, 5.74) is 3.13. The second-order valence-electron chi connectivity index (χ2n) is 4.75. The molecule has 5 nitrogen and oxygen atoms in total. The van der Waals surface area contributed by atoms with E-state index in [1.807, 2.05) is 32.0 Å². The topological polar surface area (TPSA) is 68.5 Å². The number of carbonyl (C=O) groups is 2. The molecule has 1 aromatic heterocycles. The molecule has 1 heterocycles. The van der Waals surface area contributed by atoms with Gasteiger partial charge < -0.3 is 14.5 Å². The van der Waals surface area contributed by atoms with Crippen LogP contribution in [0.15, 0.2) is 41.0 Å². The van der Waals surface area contributed by atoms with Crippen LogP contribution in [0, 0.1) is 13.8 Å². The van der Waals surface area contributed by atoms with E-state index in [0.29, 0.717) is 0 Å². The average Bonchev–Trinajstić information content (AvgIpc) is 3.00. The highest BCUT2D eigenvalue weighted by Gasteiger charge is 2.11. The van der Waals surface area contributed by atoms with Crippen LogP contribution in [0.25, 0.3) is 0 Å². The summed E-state index contributed by atoms with van der Waals surface area (Å²) in [5.74, 6) is -0.767. The highest BCUT2D eigenvalue weighted by molar-refractivity contribution is 5.93. The minimum absolute atomic E-state index is 0.164. The van der Waals surface area contributed by atoms with Gasteiger partial charge in [-0.15, -0.1) is 0 Å². The van der Waals surface area contributed by atoms with Gasteiger partial charge in [0, 0.05) is 0 Å². The van der Waals surface area contributed by atoms with E-state index < -0.39 is 11.9 Å². The first-order chi connectivity index (χ1) is 10.1. The lowest BCUT2D eigenvalue weighted by Gasteiger charge is -2.09. The van der Waals surface area contributed by atoms with Gasteiger partial charge in [-0.1, -0.05) is 23.8 Å². The van der Waals surface area contributed by atoms with Gasteiger partial charge in [0.25, 0.3) is 5.91 Å². The molecule has 0 aliphatic heterocycles. The van der Waals surface area contributed by atoms with E-state index >= 15 is 0 Å². The standard InChI is InChI=1S/C16H17NO4/c1-11-5-6-12(2)13(8-11)10-21-15(18)9-17-16(19)14-4-3-7-20-14/h3-8H,9-10H2,1-2H3,(H,17,19). The van der Waals surface area contributed by atoms with Crippen LogP contribution in [0.4, 0.5) is 0 Å². The Labute approximate surface area is 122 Å². The largest absolute Gasteiger partial charge is 0.459 e. The van der Waals surface area contributed by atoms with Crippen LogP contribution in [0.3, 0.4) is 0 Å². The Bertz CT molecular complexity index is 632. The number of rotatable bonds is 5. The van der Waals surface area contributed by atoms with Crippen molar-refractivity contribution in [1.82, 2.24) is 5.32 Å². The van der Waals surface area contributed by atoms with Crippen molar-refractivity contribution >= 4 is 11.9 Å². The number of esters is 1. The minimum atomic E-state index is -0.490. The number of nitrogens with one attached hydrogen (secondary N) is 1. The molecule has 0 atom stereocenters. The van der Waals surface area contributed by atoms with Crippen molar-refractivity contribution in [2.24, 2.45) is 0 Å². The molecule has 5 heteroatoms. The highest BCUT2D eigenvalue weighted by atomic mass is 16.5. The summed E-state index contributed by atoms with van der Waals surface area (Å²) < 4.78 is 10.1. The fraction of sp³-hybridized carbons (Fsp3) is 0.250. The molecule has 0 saturated carbocycles. The predicted molar refractivity (Wildman–Crippen MR) is 76.8 cm³/mol. The second-order valence-corrected chi connectivity index (χ2v) is 4.75. The van der Waals surface area contributed by atoms with Gasteiger partial charge in [0.1, 0.15) is 13.2 Å². The van der Waals surface area contributed by atoms with Crippen LogP contribution >= 0.6 is 0 Å². The number of hydrogen-bond donors (Lipinski definition) is 1. The van der Waals surface area contributed by atoms with Crippen LogP contribution in [-0.4, -0.2) is 18.4 Å². The van der Waals surface area contributed by atoms with Crippen LogP contribution in [-0.2, 0) is 16.1 Å². The Morgan fingerprint density at radius 3 is 2.76 bits per heavy atom. The van der Waals surface area contributed by atoms with Crippen molar-refractivity contribution in [2.75, 3.05) is 6.54 Å². The molecule has 21 heavy (non-hydrogen) atoms. The third-order valence-electron chi connectivity index (χ3n) is 3.03. The van der Waals surface area contributed by atoms with E-state index in [1.165, 1.54) is 12.3 Å². The molecule has 0 unspecified atom stereocenters. The van der Waals surface area contributed by atoms with Crippen molar-refractivity contribution < 1.29 is 18.7 Å². The first-order valence-corrected chi connectivity index (χ1v) is 6.59. The molecule has 1 amide bonds. The van der Waals surface area contributed by atoms with Crippen LogP contribution in [0.5, 0.6) is 0 Å². The Kier molecular flexibility index (Phi) is 4.77. The summed E-state index contributed by atoms with van der Waals surface area (Å²) in [6, 6.07) is 9.09. The molecule has 2 aromatic rings. The van der Waals surface area contributed by atoms with E-state index in [0.717, 1.165) is 16.7 Å². The van der Waals surface area contributed by atoms with Gasteiger partial charge in [0.15, 0.2) is 5.76 Å². The smallest absolute Gasteiger partial charge is 0.325 e. The number of benzene rings is 1. The summed E-state index contributed by atoms with van der Waals surface area (Å²) in [4.78, 5) is 23.2. The SMILES string of the molecule is Cc1ccc(C)c(COC(=O)CNC(=O)c2ccco2)c1. The van der Waals surface area contributed by atoms with Gasteiger partial charge in [-0.25, -0.2) is 0 Å². The molecule has 2 rings (SSSR count). The number of ether oxygens (including phenoxy) is 1. The number of aryl methyl sites for hydroxylation is 2. The number of amides is 1. The normalized spacial score (nSPS) is 10.2. The maximum absolute atomic E-state index is 11.6. The molecule has 0 radical (unpaired) electrons. The summed E-state index contributed by atoms with van der Waals surface area (Å²) >= 11 is 0. The van der Waals surface area contributed by atoms with Crippen LogP contribution in [0.1, 0.15) is 27.2 Å². The Morgan fingerprint density at radius 1 is 1.24 bits per heavy atom. The summed E-state index contributed by atoms with van der Waals surface area (Å²) in [5, 5.41) is 2.44. The lowest BCUT2D eigenvalue weighted by atomic mass is 10.1. The molecule has 0 bridgehead atoms. The summed E-state index contributed by atoms with van der Waals surface area (Å²) in [6.07, 6.45) is 1.40. The van der Waals surface area contributed by atoms with Crippen molar-refractivity contribution in [1.29, 1.82) is 0 Å². The van der Waals surface area contributed by atoms with Crippen LogP contribution < -0.4 is 5.32 Å². The van der Waals surface area contributed by atoms with E-state index in [1.54, 1.807) is 6.07 Å². The first-order valence-electron chi connectivity index (χ1n) is 6.59. The molecular weight excluding hydrogens is 270 g/mol. The predicted octanol–water partition coefficient (Wildman–Crippen LogP) is 2.37. The zero-order valence-electron chi connectivity index (χ0n) is 12.0. The molecule has 1 N–H and O–H groups in total. The fourth-order valence-electron chi connectivity index (χ4n) is 1.81. The number of hydrogen-bond acceptors (Lipinski definition) is 4. The fourth-order valence-corrected chi connectivity index (χ4v) is 1.81. The van der Waals surface area contributed by atoms with Gasteiger partial charge in [0.2, 0.25) is 0 Å². The molecule has 0 spiro atoms. The number of furan rings is 1. The highest BCUT2D eigenvalue weighted by Crippen LogP contribution is 2.11. The maximum Gasteiger partial charge on any atom is 0.325 e. The lowest BCUT2D eigenvalue weighted by Crippen LogP contribution is -2.30. The third kappa shape index (κ3) is 4.21. The van der Waals surface area contributed by atoms with Crippen molar-refractivity contribution in [3.05, 3.63) is 59.0 Å². The molecule has 0 aliphatic rings. The Hall–Kier alpha value is -2.56. The van der Waals surface area contributed by atoms with Crippen LogP contribution in [0.2, 0.25) is 0 Å². The summed E-state index contributed by atoms with van der Waals surface area (Å²) in [6.45, 7) is 3.95. The van der Waals surface area contributed by atoms with E-state index in [2.05, 4.69) is 5.32 Å². The van der Waals surface area contributed by atoms with Gasteiger partial charge in [-0.3, -0.25) is 9.59 Å². The Morgan fingerprint density at radius 2 is 2.05 bits per heavy atom. The van der Waals surface area contributed by atoms with Crippen molar-refractivity contribution in [2.45, 2.75) is 20.5 Å². The van der Waals surface area contributed by atoms with Crippen molar-refractivity contribution in [3.8, 4) is 0 Å². The second kappa shape index (κ2) is 6.74. The molecule has 0 aliphatic carbocycles. The minimum Gasteiger partial charge on any atom is -0.459 e. The van der Waals surface area contributed by atoms with Gasteiger partial charge in [-0.2, -0.15) is 0 Å². The molecule has 110 valence electrons. The van der Waals surface area contributed by atoms with Gasteiger partial charge in [-0.05, 0) is 37.1 Å². The average molecular weight is 287 g/mol. The summed E-state index contributed by atoms with van der Waals surface area (Å²) in [7, 11) is 0. The quantitative estimate of drug-likeness (QED) is 0.857. The van der Waals surface area contributed by atoms with E-state index in [9.17, 15) is 9.59 Å². The molecular formula is C16H17NO4. The molecule has 0 fully saturated rings. The number of carbonyl (C=O) groups excluding carboxylic acids is 2. The first kappa shape index (κ1) is 14.8. The lowest BCUT2D eigenvalue weighted by molar-refractivity contribution is -0.143. The van der Waals surface area contributed by atoms with Crippen molar-refractivity contribution in [3.63, 3.8) is 0 Å². The molecule has 1 aromatic carbocycles.